The molecule has 3 N–H and O–H groups in total. The second kappa shape index (κ2) is 6.36. The molecule has 0 fully saturated rings. The third-order valence-corrected chi connectivity index (χ3v) is 5.67. The average molecular weight is 325 g/mol. The molecule has 1 amide bonds. The van der Waals surface area contributed by atoms with Crippen LogP contribution in [0.1, 0.15) is 16.6 Å². The molecule has 1 aromatic carbocycles. The molecular formula is C14H15NO4S2. The van der Waals surface area contributed by atoms with Crippen LogP contribution < -0.4 is 10.5 Å². The van der Waals surface area contributed by atoms with E-state index in [0.29, 0.717) is 16.4 Å². The number of ether oxygens (including phenoxy) is 1. The zero-order chi connectivity index (χ0) is 15.6. The highest BCUT2D eigenvalue weighted by molar-refractivity contribution is 7.99. The van der Waals surface area contributed by atoms with Gasteiger partial charge in [-0.3, -0.25) is 9.59 Å². The standard InChI is InChI=1S/C14H15NO4S2/c1-7(14(17)18)6-20-11-9-5-8(19-2)3-4-10(9)21-12(11)13(15)16/h3-5,7H,6H2,1-2H3,(H2,15,16)(H,17,18). The topological polar surface area (TPSA) is 89.6 Å². The van der Waals surface area contributed by atoms with Crippen LogP contribution in [0.3, 0.4) is 0 Å². The van der Waals surface area contributed by atoms with Crippen LogP contribution in [0.5, 0.6) is 5.75 Å². The molecule has 7 heteroatoms. The molecule has 0 saturated carbocycles. The summed E-state index contributed by atoms with van der Waals surface area (Å²) in [5.41, 5.74) is 5.43. The third kappa shape index (κ3) is 3.30. The average Bonchev–Trinajstić information content (AvgIpc) is 2.82. The molecule has 1 aromatic heterocycles. The highest BCUT2D eigenvalue weighted by atomic mass is 32.2. The lowest BCUT2D eigenvalue weighted by atomic mass is 10.2. The molecule has 21 heavy (non-hydrogen) atoms. The second-order valence-corrected chi connectivity index (χ2v) is 6.62. The number of rotatable bonds is 6. The Bertz CT molecular complexity index is 696. The first-order valence-electron chi connectivity index (χ1n) is 6.20. The number of thioether (sulfide) groups is 1. The normalized spacial score (nSPS) is 12.3. The molecule has 0 radical (unpaired) electrons. The number of amides is 1. The van der Waals surface area contributed by atoms with Gasteiger partial charge >= 0.3 is 5.97 Å². The van der Waals surface area contributed by atoms with Gasteiger partial charge in [0.2, 0.25) is 0 Å². The van der Waals surface area contributed by atoms with Crippen LogP contribution in [0.4, 0.5) is 0 Å². The number of carbonyl (C=O) groups is 2. The summed E-state index contributed by atoms with van der Waals surface area (Å²) in [7, 11) is 1.57. The van der Waals surface area contributed by atoms with Crippen LogP contribution in [0.15, 0.2) is 23.1 Å². The molecule has 0 aliphatic rings. The molecule has 2 aromatic rings. The summed E-state index contributed by atoms with van der Waals surface area (Å²) in [6.45, 7) is 1.63. The van der Waals surface area contributed by atoms with E-state index >= 15 is 0 Å². The first-order valence-corrected chi connectivity index (χ1v) is 8.00. The van der Waals surface area contributed by atoms with Crippen LogP contribution in [-0.4, -0.2) is 29.8 Å². The van der Waals surface area contributed by atoms with E-state index in [4.69, 9.17) is 15.6 Å². The fourth-order valence-corrected chi connectivity index (χ4v) is 4.18. The maximum absolute atomic E-state index is 11.6. The Morgan fingerprint density at radius 2 is 2.19 bits per heavy atom. The highest BCUT2D eigenvalue weighted by Gasteiger charge is 2.20. The van der Waals surface area contributed by atoms with Gasteiger partial charge < -0.3 is 15.6 Å². The van der Waals surface area contributed by atoms with E-state index in [2.05, 4.69) is 0 Å². The number of hydrogen-bond acceptors (Lipinski definition) is 5. The van der Waals surface area contributed by atoms with Crippen molar-refractivity contribution in [3.63, 3.8) is 0 Å². The lowest BCUT2D eigenvalue weighted by Gasteiger charge is -2.07. The van der Waals surface area contributed by atoms with Crippen molar-refractivity contribution in [2.24, 2.45) is 11.7 Å². The first kappa shape index (κ1) is 15.7. The summed E-state index contributed by atoms with van der Waals surface area (Å²) in [5.74, 6) is -0.805. The van der Waals surface area contributed by atoms with Gasteiger partial charge in [0.05, 0.1) is 13.0 Å². The molecular weight excluding hydrogens is 310 g/mol. The highest BCUT2D eigenvalue weighted by Crippen LogP contribution is 2.40. The molecule has 0 aliphatic heterocycles. The molecule has 5 nitrogen and oxygen atoms in total. The fourth-order valence-electron chi connectivity index (χ4n) is 1.77. The van der Waals surface area contributed by atoms with Gasteiger partial charge in [0.1, 0.15) is 10.6 Å². The summed E-state index contributed by atoms with van der Waals surface area (Å²) in [5, 5.41) is 9.83. The van der Waals surface area contributed by atoms with Crippen molar-refractivity contribution in [1.82, 2.24) is 0 Å². The number of primary amides is 1. The van der Waals surface area contributed by atoms with Gasteiger partial charge in [0.15, 0.2) is 0 Å². The summed E-state index contributed by atoms with van der Waals surface area (Å²) in [4.78, 5) is 23.7. The first-order chi connectivity index (χ1) is 9.93. The number of carboxylic acids is 1. The van der Waals surface area contributed by atoms with E-state index in [1.165, 1.54) is 23.1 Å². The van der Waals surface area contributed by atoms with Crippen LogP contribution >= 0.6 is 23.1 Å². The van der Waals surface area contributed by atoms with E-state index in [1.807, 2.05) is 18.2 Å². The van der Waals surface area contributed by atoms with Crippen molar-refractivity contribution in [3.8, 4) is 5.75 Å². The van der Waals surface area contributed by atoms with E-state index < -0.39 is 17.8 Å². The van der Waals surface area contributed by atoms with Crippen molar-refractivity contribution in [2.75, 3.05) is 12.9 Å². The number of hydrogen-bond donors (Lipinski definition) is 2. The van der Waals surface area contributed by atoms with Crippen molar-refractivity contribution in [3.05, 3.63) is 23.1 Å². The zero-order valence-corrected chi connectivity index (χ0v) is 13.2. The Balaban J connectivity index is 2.44. The Morgan fingerprint density at radius 1 is 1.48 bits per heavy atom. The summed E-state index contributed by atoms with van der Waals surface area (Å²) < 4.78 is 6.12. The number of fused-ring (bicyclic) bond motifs is 1. The SMILES string of the molecule is COc1ccc2sc(C(N)=O)c(SCC(C)C(=O)O)c2c1. The Morgan fingerprint density at radius 3 is 2.76 bits per heavy atom. The van der Waals surface area contributed by atoms with Crippen molar-refractivity contribution in [1.29, 1.82) is 0 Å². The summed E-state index contributed by atoms with van der Waals surface area (Å²) >= 11 is 2.65. The molecule has 0 spiro atoms. The van der Waals surface area contributed by atoms with Crippen molar-refractivity contribution >= 4 is 45.1 Å². The Hall–Kier alpha value is -1.73. The van der Waals surface area contributed by atoms with Crippen molar-refractivity contribution < 1.29 is 19.4 Å². The number of carboxylic acid groups (broad SMARTS) is 1. The van der Waals surface area contributed by atoms with Crippen LogP contribution in [-0.2, 0) is 4.79 Å². The predicted octanol–water partition coefficient (Wildman–Crippen LogP) is 2.82. The number of methoxy groups -OCH3 is 1. The minimum atomic E-state index is -0.861. The van der Waals surface area contributed by atoms with Gasteiger partial charge in [-0.15, -0.1) is 23.1 Å². The van der Waals surface area contributed by atoms with Gasteiger partial charge in [-0.05, 0) is 18.2 Å². The fraction of sp³-hybridized carbons (Fsp3) is 0.286. The van der Waals surface area contributed by atoms with Crippen LogP contribution in [0, 0.1) is 5.92 Å². The Labute approximate surface area is 130 Å². The maximum atomic E-state index is 11.6. The van der Waals surface area contributed by atoms with Crippen LogP contribution in [0.2, 0.25) is 0 Å². The molecule has 0 aliphatic carbocycles. The Kier molecular flexibility index (Phi) is 4.74. The van der Waals surface area contributed by atoms with Crippen molar-refractivity contribution in [2.45, 2.75) is 11.8 Å². The van der Waals surface area contributed by atoms with Gasteiger partial charge in [-0.1, -0.05) is 6.92 Å². The summed E-state index contributed by atoms with van der Waals surface area (Å²) in [6, 6.07) is 5.53. The smallest absolute Gasteiger partial charge is 0.307 e. The molecule has 112 valence electrons. The summed E-state index contributed by atoms with van der Waals surface area (Å²) in [6.07, 6.45) is 0. The third-order valence-electron chi connectivity index (χ3n) is 2.97. The largest absolute Gasteiger partial charge is 0.497 e. The number of nitrogens with two attached hydrogens (primary N) is 1. The molecule has 1 atom stereocenters. The number of thiophene rings is 1. The molecule has 1 unspecified atom stereocenters. The van der Waals surface area contributed by atoms with Gasteiger partial charge in [0, 0.05) is 20.7 Å². The monoisotopic (exact) mass is 325 g/mol. The molecule has 0 saturated heterocycles. The quantitative estimate of drug-likeness (QED) is 0.797. The molecule has 2 rings (SSSR count). The van der Waals surface area contributed by atoms with Gasteiger partial charge in [-0.25, -0.2) is 0 Å². The molecule has 1 heterocycles. The predicted molar refractivity (Wildman–Crippen MR) is 84.4 cm³/mol. The maximum Gasteiger partial charge on any atom is 0.307 e. The number of aliphatic carboxylic acids is 1. The zero-order valence-electron chi connectivity index (χ0n) is 11.6. The molecule has 0 bridgehead atoms. The number of benzene rings is 1. The lowest BCUT2D eigenvalue weighted by Crippen LogP contribution is -2.13. The van der Waals surface area contributed by atoms with E-state index in [-0.39, 0.29) is 0 Å². The minimum absolute atomic E-state index is 0.374. The second-order valence-electron chi connectivity index (χ2n) is 4.54. The van der Waals surface area contributed by atoms with Crippen LogP contribution in [0.25, 0.3) is 10.1 Å². The minimum Gasteiger partial charge on any atom is -0.497 e. The lowest BCUT2D eigenvalue weighted by molar-refractivity contribution is -0.140. The number of carbonyl (C=O) groups excluding carboxylic acids is 1. The van der Waals surface area contributed by atoms with Gasteiger partial charge in [0.25, 0.3) is 5.91 Å². The van der Waals surface area contributed by atoms with Gasteiger partial charge in [-0.2, -0.15) is 0 Å². The van der Waals surface area contributed by atoms with E-state index in [9.17, 15) is 9.59 Å². The van der Waals surface area contributed by atoms with E-state index in [1.54, 1.807) is 14.0 Å². The van der Waals surface area contributed by atoms with E-state index in [0.717, 1.165) is 15.0 Å².